The number of hydrogen-bond acceptors (Lipinski definition) is 6. The van der Waals surface area contributed by atoms with Crippen molar-refractivity contribution in [3.8, 4) is 11.5 Å². The van der Waals surface area contributed by atoms with Crippen LogP contribution in [-0.4, -0.2) is 31.6 Å². The van der Waals surface area contributed by atoms with E-state index < -0.39 is 17.7 Å². The van der Waals surface area contributed by atoms with E-state index in [9.17, 15) is 9.59 Å². The predicted molar refractivity (Wildman–Crippen MR) is 103 cm³/mol. The first-order valence-electron chi connectivity index (χ1n) is 9.42. The molecule has 28 heavy (non-hydrogen) atoms. The van der Waals surface area contributed by atoms with Gasteiger partial charge in [0, 0.05) is 24.5 Å². The largest absolute Gasteiger partial charge is 0.493 e. The van der Waals surface area contributed by atoms with Crippen molar-refractivity contribution in [2.24, 2.45) is 5.92 Å². The number of fused-ring (bicyclic) bond motifs is 1. The topological polar surface area (TPSA) is 71.1 Å². The molecule has 150 valence electrons. The fourth-order valence-electron chi connectivity index (χ4n) is 3.93. The van der Waals surface area contributed by atoms with E-state index in [1.807, 2.05) is 32.0 Å². The number of ether oxygens (including phenoxy) is 4. The molecule has 1 saturated heterocycles. The van der Waals surface area contributed by atoms with E-state index in [-0.39, 0.29) is 11.7 Å². The standard InChI is InChI=1S/C22H26O6/c1-6-7-16-12-22(28-14(3)23)13(2)21(27-20(22)11-17(16)24)15-8-9-18(25-4)19(10-15)26-5/h8-13,21H,6-7H2,1-5H3/t13-,21-,22+/m0/s1. The van der Waals surface area contributed by atoms with Gasteiger partial charge in [-0.1, -0.05) is 26.3 Å². The van der Waals surface area contributed by atoms with Crippen LogP contribution in [0, 0.1) is 5.92 Å². The molecule has 1 aromatic rings. The zero-order valence-corrected chi connectivity index (χ0v) is 16.9. The van der Waals surface area contributed by atoms with Crippen LogP contribution in [0.2, 0.25) is 0 Å². The summed E-state index contributed by atoms with van der Waals surface area (Å²) in [6, 6.07) is 5.54. The first-order valence-corrected chi connectivity index (χ1v) is 9.42. The van der Waals surface area contributed by atoms with Gasteiger partial charge in [0.15, 0.2) is 22.9 Å². The maximum Gasteiger partial charge on any atom is 0.303 e. The van der Waals surface area contributed by atoms with Gasteiger partial charge < -0.3 is 18.9 Å². The van der Waals surface area contributed by atoms with Gasteiger partial charge in [-0.2, -0.15) is 0 Å². The molecule has 1 fully saturated rings. The molecule has 1 aliphatic carbocycles. The number of hydrogen-bond donors (Lipinski definition) is 0. The lowest BCUT2D eigenvalue weighted by Gasteiger charge is -2.32. The Morgan fingerprint density at radius 3 is 2.54 bits per heavy atom. The van der Waals surface area contributed by atoms with Gasteiger partial charge in [0.25, 0.3) is 0 Å². The summed E-state index contributed by atoms with van der Waals surface area (Å²) in [6.07, 6.45) is 4.28. The minimum Gasteiger partial charge on any atom is -0.493 e. The monoisotopic (exact) mass is 386 g/mol. The van der Waals surface area contributed by atoms with Crippen molar-refractivity contribution in [1.29, 1.82) is 0 Å². The minimum absolute atomic E-state index is 0.0974. The molecule has 0 unspecified atom stereocenters. The van der Waals surface area contributed by atoms with Crippen molar-refractivity contribution in [1.82, 2.24) is 0 Å². The Kier molecular flexibility index (Phi) is 5.49. The number of carbonyl (C=O) groups excluding carboxylic acids is 2. The Bertz CT molecular complexity index is 853. The van der Waals surface area contributed by atoms with E-state index >= 15 is 0 Å². The van der Waals surface area contributed by atoms with Gasteiger partial charge in [0.1, 0.15) is 11.9 Å². The molecule has 1 aliphatic heterocycles. The summed E-state index contributed by atoms with van der Waals surface area (Å²) in [5.74, 6) is 0.819. The first-order chi connectivity index (χ1) is 13.4. The van der Waals surface area contributed by atoms with Crippen LogP contribution in [-0.2, 0) is 19.1 Å². The van der Waals surface area contributed by atoms with Crippen molar-refractivity contribution in [2.75, 3.05) is 14.2 Å². The normalized spacial score (nSPS) is 26.0. The summed E-state index contributed by atoms with van der Waals surface area (Å²) >= 11 is 0. The van der Waals surface area contributed by atoms with Gasteiger partial charge in [-0.3, -0.25) is 9.59 Å². The van der Waals surface area contributed by atoms with Crippen molar-refractivity contribution in [3.05, 3.63) is 47.2 Å². The lowest BCUT2D eigenvalue weighted by molar-refractivity contribution is -0.152. The Hall–Kier alpha value is -2.76. The molecular weight excluding hydrogens is 360 g/mol. The Balaban J connectivity index is 2.06. The summed E-state index contributed by atoms with van der Waals surface area (Å²) < 4.78 is 22.6. The SMILES string of the molecule is CCCC1=C[C@]2(OC(C)=O)C(=CC1=O)O[C@H](c1ccc(OC)c(OC)c1)[C@@H]2C. The van der Waals surface area contributed by atoms with Crippen LogP contribution >= 0.6 is 0 Å². The molecule has 0 aromatic heterocycles. The number of carbonyl (C=O) groups is 2. The Labute approximate surface area is 165 Å². The number of ketones is 1. The van der Waals surface area contributed by atoms with Crippen LogP contribution in [0.25, 0.3) is 0 Å². The third-order valence-corrected chi connectivity index (χ3v) is 5.31. The third-order valence-electron chi connectivity index (χ3n) is 5.31. The average molecular weight is 386 g/mol. The quantitative estimate of drug-likeness (QED) is 0.691. The summed E-state index contributed by atoms with van der Waals surface area (Å²) in [6.45, 7) is 5.33. The van der Waals surface area contributed by atoms with E-state index in [4.69, 9.17) is 18.9 Å². The molecule has 0 bridgehead atoms. The molecule has 1 aromatic carbocycles. The maximum atomic E-state index is 12.5. The molecule has 6 heteroatoms. The van der Waals surface area contributed by atoms with E-state index in [0.29, 0.717) is 29.3 Å². The molecular formula is C22H26O6. The molecule has 3 atom stereocenters. The molecule has 0 spiro atoms. The summed E-state index contributed by atoms with van der Waals surface area (Å²) in [5.41, 5.74) is 0.419. The molecule has 0 amide bonds. The fraction of sp³-hybridized carbons (Fsp3) is 0.455. The second-order valence-corrected chi connectivity index (χ2v) is 7.12. The molecule has 3 rings (SSSR count). The third kappa shape index (κ3) is 3.28. The molecule has 2 aliphatic rings. The number of esters is 1. The van der Waals surface area contributed by atoms with Gasteiger partial charge in [0.2, 0.25) is 0 Å². The van der Waals surface area contributed by atoms with Crippen LogP contribution in [0.3, 0.4) is 0 Å². The van der Waals surface area contributed by atoms with Crippen molar-refractivity contribution in [3.63, 3.8) is 0 Å². The average Bonchev–Trinajstić information content (AvgIpc) is 2.93. The van der Waals surface area contributed by atoms with Gasteiger partial charge in [-0.25, -0.2) is 0 Å². The molecule has 6 nitrogen and oxygen atoms in total. The van der Waals surface area contributed by atoms with Crippen molar-refractivity contribution in [2.45, 2.75) is 45.3 Å². The van der Waals surface area contributed by atoms with Crippen LogP contribution in [0.5, 0.6) is 11.5 Å². The maximum absolute atomic E-state index is 12.5. The number of benzene rings is 1. The van der Waals surface area contributed by atoms with E-state index in [2.05, 4.69) is 0 Å². The van der Waals surface area contributed by atoms with Crippen LogP contribution in [0.1, 0.15) is 45.3 Å². The number of rotatable bonds is 6. The minimum atomic E-state index is -1.08. The van der Waals surface area contributed by atoms with Gasteiger partial charge in [-0.15, -0.1) is 0 Å². The van der Waals surface area contributed by atoms with E-state index in [0.717, 1.165) is 12.0 Å². The summed E-state index contributed by atoms with van der Waals surface area (Å²) in [7, 11) is 3.15. The van der Waals surface area contributed by atoms with Gasteiger partial charge in [0.05, 0.1) is 14.2 Å². The van der Waals surface area contributed by atoms with Crippen LogP contribution < -0.4 is 9.47 Å². The highest BCUT2D eigenvalue weighted by atomic mass is 16.6. The van der Waals surface area contributed by atoms with Crippen molar-refractivity contribution >= 4 is 11.8 Å². The lowest BCUT2D eigenvalue weighted by Crippen LogP contribution is -2.40. The Morgan fingerprint density at radius 2 is 1.93 bits per heavy atom. The smallest absolute Gasteiger partial charge is 0.303 e. The van der Waals surface area contributed by atoms with Crippen molar-refractivity contribution < 1.29 is 28.5 Å². The summed E-state index contributed by atoms with van der Waals surface area (Å²) in [5, 5.41) is 0. The highest BCUT2D eigenvalue weighted by Crippen LogP contribution is 2.52. The second kappa shape index (κ2) is 7.70. The lowest BCUT2D eigenvalue weighted by atomic mass is 9.78. The van der Waals surface area contributed by atoms with Crippen LogP contribution in [0.4, 0.5) is 0 Å². The zero-order valence-electron chi connectivity index (χ0n) is 16.9. The molecule has 1 heterocycles. The highest BCUT2D eigenvalue weighted by molar-refractivity contribution is 6.06. The molecule has 0 radical (unpaired) electrons. The second-order valence-electron chi connectivity index (χ2n) is 7.12. The number of allylic oxidation sites excluding steroid dienone is 2. The zero-order chi connectivity index (χ0) is 20.5. The highest BCUT2D eigenvalue weighted by Gasteiger charge is 2.56. The molecule has 0 N–H and O–H groups in total. The fourth-order valence-corrected chi connectivity index (χ4v) is 3.93. The summed E-state index contributed by atoms with van der Waals surface area (Å²) in [4.78, 5) is 24.4. The van der Waals surface area contributed by atoms with Gasteiger partial charge >= 0.3 is 5.97 Å². The van der Waals surface area contributed by atoms with Crippen LogP contribution in [0.15, 0.2) is 41.7 Å². The van der Waals surface area contributed by atoms with Gasteiger partial charge in [-0.05, 0) is 30.2 Å². The first kappa shape index (κ1) is 20.0. The number of methoxy groups -OCH3 is 2. The van der Waals surface area contributed by atoms with E-state index in [1.54, 1.807) is 20.3 Å². The molecule has 0 saturated carbocycles. The Morgan fingerprint density at radius 1 is 1.21 bits per heavy atom. The predicted octanol–water partition coefficient (Wildman–Crippen LogP) is 3.91. The van der Waals surface area contributed by atoms with E-state index in [1.165, 1.54) is 13.0 Å².